The minimum absolute atomic E-state index is 0.423. The van der Waals surface area contributed by atoms with E-state index in [0.717, 1.165) is 11.3 Å². The summed E-state index contributed by atoms with van der Waals surface area (Å²) in [5, 5.41) is 5.05. The van der Waals surface area contributed by atoms with Crippen molar-refractivity contribution in [1.29, 1.82) is 0 Å². The van der Waals surface area contributed by atoms with Crippen LogP contribution in [0.15, 0.2) is 59.9 Å². The number of aromatic amines is 1. The molecule has 2 heterocycles. The van der Waals surface area contributed by atoms with E-state index in [1.165, 1.54) is 11.8 Å². The molecule has 1 atom stereocenters. The van der Waals surface area contributed by atoms with Gasteiger partial charge in [0.05, 0.1) is 17.1 Å². The predicted octanol–water partition coefficient (Wildman–Crippen LogP) is 3.68. The van der Waals surface area contributed by atoms with Crippen molar-refractivity contribution in [1.82, 2.24) is 15.3 Å². The van der Waals surface area contributed by atoms with Gasteiger partial charge in [-0.2, -0.15) is 0 Å². The van der Waals surface area contributed by atoms with Crippen LogP contribution in [0.25, 0.3) is 11.3 Å². The van der Waals surface area contributed by atoms with Crippen molar-refractivity contribution >= 4 is 29.4 Å². The smallest absolute Gasteiger partial charge is 0.325 e. The Hall–Kier alpha value is -3.46. The molecule has 0 fully saturated rings. The summed E-state index contributed by atoms with van der Waals surface area (Å²) in [6.45, 7) is 2.66. The number of fused-ring (bicyclic) bond motifs is 1. The molecule has 0 saturated heterocycles. The molecule has 3 N–H and O–H groups in total. The molecule has 4 rings (SSSR count). The number of H-pyrrole nitrogens is 1. The van der Waals surface area contributed by atoms with E-state index < -0.39 is 17.2 Å². The van der Waals surface area contributed by atoms with Gasteiger partial charge < -0.3 is 19.8 Å². The Kier molecular flexibility index (Phi) is 5.89. The van der Waals surface area contributed by atoms with Crippen molar-refractivity contribution in [3.63, 3.8) is 0 Å². The number of urea groups is 1. The molecule has 30 heavy (non-hydrogen) atoms. The maximum absolute atomic E-state index is 12.4. The SMILES string of the molecule is CC(Sc1ncc(-c2ccccc2)[nH]1)C(=O)NC(=O)Nc1ccc2c(c1)OCCO2. The summed E-state index contributed by atoms with van der Waals surface area (Å²) in [6, 6.07) is 14.2. The molecule has 2 aromatic carbocycles. The first-order chi connectivity index (χ1) is 14.6. The fourth-order valence-corrected chi connectivity index (χ4v) is 3.63. The molecule has 9 heteroatoms. The fraction of sp³-hybridized carbons (Fsp3) is 0.190. The van der Waals surface area contributed by atoms with Gasteiger partial charge in [-0.05, 0) is 24.6 Å². The third kappa shape index (κ3) is 4.74. The van der Waals surface area contributed by atoms with Crippen LogP contribution < -0.4 is 20.1 Å². The number of ether oxygens (including phenoxy) is 2. The van der Waals surface area contributed by atoms with Crippen LogP contribution in [0.4, 0.5) is 10.5 Å². The van der Waals surface area contributed by atoms with Crippen LogP contribution in [-0.2, 0) is 4.79 Å². The van der Waals surface area contributed by atoms with E-state index in [4.69, 9.17) is 9.47 Å². The lowest BCUT2D eigenvalue weighted by Gasteiger charge is -2.19. The number of imide groups is 1. The Bertz CT molecular complexity index is 1050. The Morgan fingerprint density at radius 3 is 2.67 bits per heavy atom. The first-order valence-corrected chi connectivity index (χ1v) is 10.2. The lowest BCUT2D eigenvalue weighted by Crippen LogP contribution is -2.38. The molecule has 0 aliphatic carbocycles. The van der Waals surface area contributed by atoms with Crippen LogP contribution >= 0.6 is 11.8 Å². The Morgan fingerprint density at radius 2 is 1.87 bits per heavy atom. The maximum Gasteiger partial charge on any atom is 0.325 e. The number of anilines is 1. The van der Waals surface area contributed by atoms with Gasteiger partial charge in [-0.3, -0.25) is 10.1 Å². The predicted molar refractivity (Wildman–Crippen MR) is 114 cm³/mol. The molecule has 0 bridgehead atoms. The van der Waals surface area contributed by atoms with E-state index in [0.29, 0.717) is 35.6 Å². The maximum atomic E-state index is 12.4. The van der Waals surface area contributed by atoms with Crippen LogP contribution in [0.5, 0.6) is 11.5 Å². The second-order valence-electron chi connectivity index (χ2n) is 6.53. The van der Waals surface area contributed by atoms with Gasteiger partial charge in [-0.15, -0.1) is 0 Å². The highest BCUT2D eigenvalue weighted by Gasteiger charge is 2.19. The highest BCUT2D eigenvalue weighted by molar-refractivity contribution is 8.00. The van der Waals surface area contributed by atoms with Crippen LogP contribution in [-0.4, -0.2) is 40.4 Å². The minimum Gasteiger partial charge on any atom is -0.486 e. The van der Waals surface area contributed by atoms with Gasteiger partial charge in [0.25, 0.3) is 0 Å². The molecule has 0 spiro atoms. The Morgan fingerprint density at radius 1 is 1.10 bits per heavy atom. The summed E-state index contributed by atoms with van der Waals surface area (Å²) in [5.74, 6) is 0.760. The Labute approximate surface area is 177 Å². The average Bonchev–Trinajstić information content (AvgIpc) is 3.22. The van der Waals surface area contributed by atoms with Gasteiger partial charge in [0.1, 0.15) is 13.2 Å². The van der Waals surface area contributed by atoms with E-state index >= 15 is 0 Å². The molecular weight excluding hydrogens is 404 g/mol. The number of amides is 3. The molecule has 0 saturated carbocycles. The van der Waals surface area contributed by atoms with Gasteiger partial charge in [0, 0.05) is 11.8 Å². The van der Waals surface area contributed by atoms with E-state index in [-0.39, 0.29) is 0 Å². The van der Waals surface area contributed by atoms with Crippen molar-refractivity contribution in [2.24, 2.45) is 0 Å². The largest absolute Gasteiger partial charge is 0.486 e. The van der Waals surface area contributed by atoms with E-state index in [2.05, 4.69) is 20.6 Å². The lowest BCUT2D eigenvalue weighted by atomic mass is 10.2. The summed E-state index contributed by atoms with van der Waals surface area (Å²) in [6.07, 6.45) is 1.72. The van der Waals surface area contributed by atoms with Crippen LogP contribution in [0, 0.1) is 0 Å². The summed E-state index contributed by atoms with van der Waals surface area (Å²) < 4.78 is 10.9. The highest BCUT2D eigenvalue weighted by atomic mass is 32.2. The molecule has 1 aromatic heterocycles. The fourth-order valence-electron chi connectivity index (χ4n) is 2.85. The number of rotatable bonds is 5. The lowest BCUT2D eigenvalue weighted by molar-refractivity contribution is -0.119. The minimum atomic E-state index is -0.617. The van der Waals surface area contributed by atoms with Crippen molar-refractivity contribution in [2.75, 3.05) is 18.5 Å². The van der Waals surface area contributed by atoms with Crippen LogP contribution in [0.2, 0.25) is 0 Å². The number of nitrogens with zero attached hydrogens (tertiary/aromatic N) is 1. The topological polar surface area (TPSA) is 105 Å². The zero-order valence-electron chi connectivity index (χ0n) is 16.2. The number of benzene rings is 2. The highest BCUT2D eigenvalue weighted by Crippen LogP contribution is 2.32. The number of hydrogen-bond donors (Lipinski definition) is 3. The quantitative estimate of drug-likeness (QED) is 0.540. The van der Waals surface area contributed by atoms with Gasteiger partial charge >= 0.3 is 6.03 Å². The van der Waals surface area contributed by atoms with Crippen molar-refractivity contribution in [3.05, 3.63) is 54.7 Å². The van der Waals surface area contributed by atoms with Crippen molar-refractivity contribution in [3.8, 4) is 22.8 Å². The average molecular weight is 424 g/mol. The molecule has 1 unspecified atom stereocenters. The van der Waals surface area contributed by atoms with Gasteiger partial charge in [-0.25, -0.2) is 9.78 Å². The molecule has 1 aliphatic rings. The zero-order chi connectivity index (χ0) is 20.9. The number of imidazole rings is 1. The third-order valence-corrected chi connectivity index (χ3v) is 5.33. The van der Waals surface area contributed by atoms with Crippen LogP contribution in [0.1, 0.15) is 6.92 Å². The number of carbonyl (C=O) groups is 2. The molecule has 1 aliphatic heterocycles. The first kappa shape index (κ1) is 19.8. The van der Waals surface area contributed by atoms with Crippen molar-refractivity contribution < 1.29 is 19.1 Å². The van der Waals surface area contributed by atoms with Gasteiger partial charge in [0.15, 0.2) is 16.7 Å². The summed E-state index contributed by atoms with van der Waals surface area (Å²) in [7, 11) is 0. The number of nitrogens with one attached hydrogen (secondary N) is 3. The van der Waals surface area contributed by atoms with Crippen molar-refractivity contribution in [2.45, 2.75) is 17.3 Å². The van der Waals surface area contributed by atoms with E-state index in [9.17, 15) is 9.59 Å². The molecule has 154 valence electrons. The van der Waals surface area contributed by atoms with E-state index in [1.807, 2.05) is 30.3 Å². The van der Waals surface area contributed by atoms with E-state index in [1.54, 1.807) is 31.3 Å². The number of hydrogen-bond acceptors (Lipinski definition) is 6. The Balaban J connectivity index is 1.31. The number of thioether (sulfide) groups is 1. The monoisotopic (exact) mass is 424 g/mol. The number of carbonyl (C=O) groups excluding carboxylic acids is 2. The zero-order valence-corrected chi connectivity index (χ0v) is 17.0. The summed E-state index contributed by atoms with van der Waals surface area (Å²) in [4.78, 5) is 32.1. The third-order valence-electron chi connectivity index (χ3n) is 4.33. The second kappa shape index (κ2) is 8.91. The standard InChI is InChI=1S/C21H20N4O4S/c1-13(30-21-22-12-16(24-21)14-5-3-2-4-6-14)19(26)25-20(27)23-15-7-8-17-18(11-15)29-10-9-28-17/h2-8,11-13H,9-10H2,1H3,(H,22,24)(H2,23,25,26,27). The molecule has 8 nitrogen and oxygen atoms in total. The van der Waals surface area contributed by atoms with Crippen LogP contribution in [0.3, 0.4) is 0 Å². The normalized spacial score (nSPS) is 13.4. The molecule has 3 aromatic rings. The number of aromatic nitrogens is 2. The molecule has 3 amide bonds. The second-order valence-corrected chi connectivity index (χ2v) is 7.86. The van der Waals surface area contributed by atoms with Gasteiger partial charge in [0.2, 0.25) is 5.91 Å². The summed E-state index contributed by atoms with van der Waals surface area (Å²) in [5.41, 5.74) is 2.37. The molecular formula is C21H20N4O4S. The summed E-state index contributed by atoms with van der Waals surface area (Å²) >= 11 is 1.24. The molecule has 0 radical (unpaired) electrons. The van der Waals surface area contributed by atoms with Gasteiger partial charge in [-0.1, -0.05) is 42.1 Å². The first-order valence-electron chi connectivity index (χ1n) is 9.37.